The Morgan fingerprint density at radius 1 is 1.17 bits per heavy atom. The van der Waals surface area contributed by atoms with Gasteiger partial charge in [-0.2, -0.15) is 8.78 Å². The van der Waals surface area contributed by atoms with E-state index in [2.05, 4.69) is 10.1 Å². The molecule has 0 aliphatic rings. The van der Waals surface area contributed by atoms with Crippen LogP contribution in [0.15, 0.2) is 54.6 Å². The Balaban J connectivity index is 1.69. The van der Waals surface area contributed by atoms with E-state index in [1.54, 1.807) is 18.2 Å². The van der Waals surface area contributed by atoms with Crippen LogP contribution in [0.5, 0.6) is 5.75 Å². The molecule has 2 rings (SSSR count). The van der Waals surface area contributed by atoms with Gasteiger partial charge in [0.1, 0.15) is 5.75 Å². The van der Waals surface area contributed by atoms with E-state index in [4.69, 9.17) is 4.74 Å². The van der Waals surface area contributed by atoms with E-state index in [-0.39, 0.29) is 18.0 Å². The zero-order valence-corrected chi connectivity index (χ0v) is 15.6. The number of esters is 1. The molecule has 0 radical (unpaired) electrons. The second kappa shape index (κ2) is 11.2. The van der Waals surface area contributed by atoms with Crippen molar-refractivity contribution in [3.05, 3.63) is 75.8 Å². The lowest BCUT2D eigenvalue weighted by atomic mass is 10.1. The van der Waals surface area contributed by atoms with E-state index >= 15 is 0 Å². The maximum atomic E-state index is 12.1. The van der Waals surface area contributed by atoms with Crippen molar-refractivity contribution in [1.29, 1.82) is 0 Å². The van der Waals surface area contributed by atoms with Crippen LogP contribution in [-0.4, -0.2) is 36.6 Å². The normalized spacial score (nSPS) is 10.8. The molecule has 0 aromatic heterocycles. The lowest BCUT2D eigenvalue weighted by molar-refractivity contribution is -0.384. The standard InChI is InChI=1S/C20H18F2N2O6/c21-20(22)30-17-7-4-14(5-8-17)10-11-23-18(25)13-29-19(26)9-6-15-2-1-3-16(12-15)24(27)28/h1-9,12,20H,10-11,13H2,(H,23,25)/b9-6+. The number of hydrogen-bond donors (Lipinski definition) is 1. The average molecular weight is 420 g/mol. The van der Waals surface area contributed by atoms with E-state index < -0.39 is 30.0 Å². The van der Waals surface area contributed by atoms with Crippen LogP contribution in [0.2, 0.25) is 0 Å². The van der Waals surface area contributed by atoms with Crippen LogP contribution in [0, 0.1) is 10.1 Å². The van der Waals surface area contributed by atoms with Gasteiger partial charge in [0.15, 0.2) is 6.61 Å². The molecule has 0 bridgehead atoms. The molecule has 0 aliphatic carbocycles. The number of halogens is 2. The molecule has 30 heavy (non-hydrogen) atoms. The molecule has 2 aromatic carbocycles. The lowest BCUT2D eigenvalue weighted by Crippen LogP contribution is -2.30. The second-order valence-electron chi connectivity index (χ2n) is 5.92. The number of ether oxygens (including phenoxy) is 2. The lowest BCUT2D eigenvalue weighted by Gasteiger charge is -2.07. The number of carbonyl (C=O) groups is 2. The largest absolute Gasteiger partial charge is 0.452 e. The third kappa shape index (κ3) is 8.05. The van der Waals surface area contributed by atoms with Gasteiger partial charge in [-0.25, -0.2) is 4.79 Å². The van der Waals surface area contributed by atoms with Gasteiger partial charge in [-0.05, 0) is 35.8 Å². The number of benzene rings is 2. The van der Waals surface area contributed by atoms with Gasteiger partial charge in [0, 0.05) is 24.8 Å². The van der Waals surface area contributed by atoms with Crippen molar-refractivity contribution in [2.45, 2.75) is 13.0 Å². The van der Waals surface area contributed by atoms with Crippen LogP contribution in [0.25, 0.3) is 6.08 Å². The molecule has 0 heterocycles. The first-order chi connectivity index (χ1) is 14.3. The summed E-state index contributed by atoms with van der Waals surface area (Å²) in [7, 11) is 0. The Kier molecular flexibility index (Phi) is 8.42. The highest BCUT2D eigenvalue weighted by molar-refractivity contribution is 5.89. The first-order valence-corrected chi connectivity index (χ1v) is 8.73. The van der Waals surface area contributed by atoms with E-state index in [0.717, 1.165) is 11.6 Å². The number of rotatable bonds is 10. The number of nitro benzene ring substituents is 1. The molecule has 0 spiro atoms. The predicted octanol–water partition coefficient (Wildman–Crippen LogP) is 3.11. The molecule has 0 aliphatic heterocycles. The summed E-state index contributed by atoms with van der Waals surface area (Å²) < 4.78 is 33.2. The summed E-state index contributed by atoms with van der Waals surface area (Å²) in [4.78, 5) is 33.5. The van der Waals surface area contributed by atoms with Gasteiger partial charge in [0.2, 0.25) is 0 Å². The quantitative estimate of drug-likeness (QED) is 0.274. The first kappa shape index (κ1) is 22.5. The fourth-order valence-electron chi connectivity index (χ4n) is 2.33. The van der Waals surface area contributed by atoms with Crippen LogP contribution >= 0.6 is 0 Å². The highest BCUT2D eigenvalue weighted by atomic mass is 19.3. The fourth-order valence-corrected chi connectivity index (χ4v) is 2.33. The van der Waals surface area contributed by atoms with E-state index in [1.165, 1.54) is 36.4 Å². The van der Waals surface area contributed by atoms with Crippen LogP contribution in [0.3, 0.4) is 0 Å². The number of hydrogen-bond acceptors (Lipinski definition) is 6. The van der Waals surface area contributed by atoms with Crippen LogP contribution in [-0.2, 0) is 20.7 Å². The number of non-ortho nitro benzene ring substituents is 1. The zero-order valence-electron chi connectivity index (χ0n) is 15.6. The number of nitrogens with one attached hydrogen (secondary N) is 1. The van der Waals surface area contributed by atoms with Gasteiger partial charge in [-0.1, -0.05) is 24.3 Å². The highest BCUT2D eigenvalue weighted by Crippen LogP contribution is 2.15. The van der Waals surface area contributed by atoms with Crippen molar-refractivity contribution in [1.82, 2.24) is 5.32 Å². The second-order valence-corrected chi connectivity index (χ2v) is 5.92. The topological polar surface area (TPSA) is 108 Å². The van der Waals surface area contributed by atoms with Crippen LogP contribution in [0.4, 0.5) is 14.5 Å². The van der Waals surface area contributed by atoms with Gasteiger partial charge in [-0.15, -0.1) is 0 Å². The van der Waals surface area contributed by atoms with E-state index in [0.29, 0.717) is 12.0 Å². The van der Waals surface area contributed by atoms with Gasteiger partial charge in [0.05, 0.1) is 4.92 Å². The van der Waals surface area contributed by atoms with Crippen molar-refractivity contribution < 1.29 is 32.8 Å². The molecular formula is C20H18F2N2O6. The number of nitro groups is 1. The SMILES string of the molecule is O=C(COC(=O)/C=C/c1cccc([N+](=O)[O-])c1)NCCc1ccc(OC(F)F)cc1. The Hall–Kier alpha value is -3.82. The summed E-state index contributed by atoms with van der Waals surface area (Å²) in [6.07, 6.45) is 2.85. The summed E-state index contributed by atoms with van der Waals surface area (Å²) in [5.74, 6) is -1.24. The Labute approximate surface area is 170 Å². The monoisotopic (exact) mass is 420 g/mol. The molecule has 0 fully saturated rings. The number of alkyl halides is 2. The molecule has 10 heteroatoms. The minimum atomic E-state index is -2.89. The molecule has 0 unspecified atom stereocenters. The zero-order chi connectivity index (χ0) is 21.9. The van der Waals surface area contributed by atoms with Crippen LogP contribution in [0.1, 0.15) is 11.1 Å². The Morgan fingerprint density at radius 2 is 1.90 bits per heavy atom. The van der Waals surface area contributed by atoms with E-state index in [1.807, 2.05) is 0 Å². The van der Waals surface area contributed by atoms with Crippen molar-refractivity contribution >= 4 is 23.6 Å². The van der Waals surface area contributed by atoms with Crippen molar-refractivity contribution in [3.63, 3.8) is 0 Å². The summed E-state index contributed by atoms with van der Waals surface area (Å²) in [6.45, 7) is -3.12. The molecule has 1 N–H and O–H groups in total. The predicted molar refractivity (Wildman–Crippen MR) is 103 cm³/mol. The third-order valence-electron chi connectivity index (χ3n) is 3.72. The molecule has 0 saturated carbocycles. The van der Waals surface area contributed by atoms with Gasteiger partial charge < -0.3 is 14.8 Å². The van der Waals surface area contributed by atoms with Crippen molar-refractivity contribution in [2.24, 2.45) is 0 Å². The number of carbonyl (C=O) groups excluding carboxylic acids is 2. The molecule has 0 atom stereocenters. The summed E-state index contributed by atoms with van der Waals surface area (Å²) in [5, 5.41) is 13.3. The molecule has 2 aromatic rings. The molecular weight excluding hydrogens is 402 g/mol. The third-order valence-corrected chi connectivity index (χ3v) is 3.72. The fraction of sp³-hybridized carbons (Fsp3) is 0.200. The summed E-state index contributed by atoms with van der Waals surface area (Å²) >= 11 is 0. The minimum Gasteiger partial charge on any atom is -0.452 e. The maximum absolute atomic E-state index is 12.1. The van der Waals surface area contributed by atoms with Gasteiger partial charge in [-0.3, -0.25) is 14.9 Å². The van der Waals surface area contributed by atoms with E-state index in [9.17, 15) is 28.5 Å². The first-order valence-electron chi connectivity index (χ1n) is 8.73. The summed E-state index contributed by atoms with van der Waals surface area (Å²) in [5.41, 5.74) is 1.13. The molecule has 1 amide bonds. The van der Waals surface area contributed by atoms with Crippen molar-refractivity contribution in [2.75, 3.05) is 13.2 Å². The summed E-state index contributed by atoms with van der Waals surface area (Å²) in [6, 6.07) is 11.7. The van der Waals surface area contributed by atoms with Gasteiger partial charge >= 0.3 is 12.6 Å². The minimum absolute atomic E-state index is 0.0443. The average Bonchev–Trinajstić information content (AvgIpc) is 2.72. The number of nitrogens with zero attached hydrogens (tertiary/aromatic N) is 1. The Bertz CT molecular complexity index is 916. The molecule has 8 nitrogen and oxygen atoms in total. The molecule has 0 saturated heterocycles. The smallest absolute Gasteiger partial charge is 0.387 e. The maximum Gasteiger partial charge on any atom is 0.387 e. The highest BCUT2D eigenvalue weighted by Gasteiger charge is 2.07. The van der Waals surface area contributed by atoms with Crippen molar-refractivity contribution in [3.8, 4) is 5.75 Å². The molecule has 158 valence electrons. The Morgan fingerprint density at radius 3 is 2.57 bits per heavy atom. The number of amides is 1. The van der Waals surface area contributed by atoms with Gasteiger partial charge in [0.25, 0.3) is 11.6 Å². The van der Waals surface area contributed by atoms with Crippen LogP contribution < -0.4 is 10.1 Å².